The number of amides is 1. The summed E-state index contributed by atoms with van der Waals surface area (Å²) >= 11 is 0. The maximum atomic E-state index is 11.9. The quantitative estimate of drug-likeness (QED) is 0.804. The van der Waals surface area contributed by atoms with Gasteiger partial charge in [0, 0.05) is 12.6 Å². The second-order valence-electron chi connectivity index (χ2n) is 4.25. The van der Waals surface area contributed by atoms with Crippen LogP contribution in [-0.4, -0.2) is 35.1 Å². The molecule has 1 fully saturated rings. The molecular formula is C14H17NO2. The van der Waals surface area contributed by atoms with Crippen molar-refractivity contribution in [2.45, 2.75) is 18.9 Å². The molecule has 0 aliphatic carbocycles. The summed E-state index contributed by atoms with van der Waals surface area (Å²) in [5.41, 5.74) is 1.01. The van der Waals surface area contributed by atoms with Gasteiger partial charge in [0.15, 0.2) is 0 Å². The highest BCUT2D eigenvalue weighted by Crippen LogP contribution is 2.17. The first-order valence-electron chi connectivity index (χ1n) is 5.96. The first-order valence-corrected chi connectivity index (χ1v) is 5.96. The Bertz CT molecular complexity index is 400. The fraction of sp³-hybridized carbons (Fsp3) is 0.357. The third kappa shape index (κ3) is 2.94. The molecule has 1 heterocycles. The van der Waals surface area contributed by atoms with Crippen LogP contribution in [0.1, 0.15) is 18.4 Å². The fourth-order valence-electron chi connectivity index (χ4n) is 2.14. The van der Waals surface area contributed by atoms with Gasteiger partial charge in [-0.15, -0.1) is 0 Å². The van der Waals surface area contributed by atoms with Crippen LogP contribution in [0.15, 0.2) is 36.4 Å². The Balaban J connectivity index is 1.99. The minimum atomic E-state index is -0.00889. The van der Waals surface area contributed by atoms with Gasteiger partial charge in [0.05, 0.1) is 12.6 Å². The van der Waals surface area contributed by atoms with Gasteiger partial charge in [0.1, 0.15) is 0 Å². The van der Waals surface area contributed by atoms with Crippen LogP contribution in [0.25, 0.3) is 6.08 Å². The maximum Gasteiger partial charge on any atom is 0.246 e. The molecule has 0 saturated carbocycles. The van der Waals surface area contributed by atoms with E-state index in [1.807, 2.05) is 36.4 Å². The molecule has 0 unspecified atom stereocenters. The van der Waals surface area contributed by atoms with Gasteiger partial charge < -0.3 is 10.0 Å². The highest BCUT2D eigenvalue weighted by Gasteiger charge is 2.26. The van der Waals surface area contributed by atoms with Gasteiger partial charge in [0.25, 0.3) is 0 Å². The number of aliphatic hydroxyl groups is 1. The molecule has 1 aliphatic rings. The molecule has 90 valence electrons. The number of hydrogen-bond donors (Lipinski definition) is 1. The summed E-state index contributed by atoms with van der Waals surface area (Å²) in [5, 5.41) is 9.15. The first-order chi connectivity index (χ1) is 8.31. The van der Waals surface area contributed by atoms with E-state index in [0.717, 1.165) is 24.9 Å². The van der Waals surface area contributed by atoms with Crippen LogP contribution in [0.3, 0.4) is 0 Å². The van der Waals surface area contributed by atoms with Crippen LogP contribution < -0.4 is 0 Å². The Morgan fingerprint density at radius 2 is 2.18 bits per heavy atom. The van der Waals surface area contributed by atoms with E-state index >= 15 is 0 Å². The summed E-state index contributed by atoms with van der Waals surface area (Å²) in [5.74, 6) is -0.00889. The Kier molecular flexibility index (Phi) is 3.94. The van der Waals surface area contributed by atoms with E-state index in [1.165, 1.54) is 0 Å². The zero-order chi connectivity index (χ0) is 12.1. The predicted octanol–water partition coefficient (Wildman–Crippen LogP) is 1.68. The Morgan fingerprint density at radius 3 is 2.88 bits per heavy atom. The molecule has 1 aliphatic heterocycles. The van der Waals surface area contributed by atoms with Crippen LogP contribution in [0.2, 0.25) is 0 Å². The fourth-order valence-corrected chi connectivity index (χ4v) is 2.14. The molecule has 0 aromatic heterocycles. The van der Waals surface area contributed by atoms with Crippen molar-refractivity contribution >= 4 is 12.0 Å². The van der Waals surface area contributed by atoms with Gasteiger partial charge in [-0.1, -0.05) is 30.3 Å². The minimum absolute atomic E-state index is 0.00271. The van der Waals surface area contributed by atoms with E-state index in [0.29, 0.717) is 0 Å². The molecule has 0 radical (unpaired) electrons. The number of hydrogen-bond acceptors (Lipinski definition) is 2. The van der Waals surface area contributed by atoms with Gasteiger partial charge in [-0.25, -0.2) is 0 Å². The second kappa shape index (κ2) is 5.64. The van der Waals surface area contributed by atoms with Crippen molar-refractivity contribution in [2.75, 3.05) is 13.2 Å². The van der Waals surface area contributed by atoms with E-state index in [1.54, 1.807) is 11.0 Å². The lowest BCUT2D eigenvalue weighted by Gasteiger charge is -2.21. The molecule has 1 saturated heterocycles. The molecule has 1 aromatic rings. The topological polar surface area (TPSA) is 40.5 Å². The number of carbonyl (C=O) groups is 1. The molecule has 1 atom stereocenters. The lowest BCUT2D eigenvalue weighted by atomic mass is 10.2. The van der Waals surface area contributed by atoms with Crippen molar-refractivity contribution in [3.8, 4) is 0 Å². The van der Waals surface area contributed by atoms with Gasteiger partial charge in [-0.3, -0.25) is 4.79 Å². The summed E-state index contributed by atoms with van der Waals surface area (Å²) in [6.45, 7) is 0.814. The van der Waals surface area contributed by atoms with Crippen LogP contribution in [0.4, 0.5) is 0 Å². The number of benzene rings is 1. The zero-order valence-corrected chi connectivity index (χ0v) is 9.75. The van der Waals surface area contributed by atoms with E-state index in [9.17, 15) is 4.79 Å². The normalized spacial score (nSPS) is 20.1. The summed E-state index contributed by atoms with van der Waals surface area (Å²) in [7, 11) is 0. The summed E-state index contributed by atoms with van der Waals surface area (Å²) < 4.78 is 0. The number of rotatable bonds is 3. The van der Waals surface area contributed by atoms with Gasteiger partial charge in [-0.2, -0.15) is 0 Å². The SMILES string of the molecule is O=C(/C=C/c1ccccc1)N1CCC[C@H]1CO. The summed E-state index contributed by atoms with van der Waals surface area (Å²) in [4.78, 5) is 13.7. The van der Waals surface area contributed by atoms with Crippen molar-refractivity contribution in [1.82, 2.24) is 4.90 Å². The van der Waals surface area contributed by atoms with Crippen LogP contribution in [0, 0.1) is 0 Å². The maximum absolute atomic E-state index is 11.9. The number of nitrogens with zero attached hydrogens (tertiary/aromatic N) is 1. The van der Waals surface area contributed by atoms with E-state index in [2.05, 4.69) is 0 Å². The largest absolute Gasteiger partial charge is 0.394 e. The van der Waals surface area contributed by atoms with Gasteiger partial charge in [-0.05, 0) is 24.5 Å². The van der Waals surface area contributed by atoms with Crippen LogP contribution in [0.5, 0.6) is 0 Å². The van der Waals surface area contributed by atoms with Crippen molar-refractivity contribution in [2.24, 2.45) is 0 Å². The van der Waals surface area contributed by atoms with Gasteiger partial charge in [0.2, 0.25) is 5.91 Å². The lowest BCUT2D eigenvalue weighted by molar-refractivity contribution is -0.127. The number of likely N-dealkylation sites (tertiary alicyclic amines) is 1. The van der Waals surface area contributed by atoms with E-state index in [4.69, 9.17) is 5.11 Å². The molecule has 2 rings (SSSR count). The van der Waals surface area contributed by atoms with Crippen molar-refractivity contribution < 1.29 is 9.90 Å². The Morgan fingerprint density at radius 1 is 1.41 bits per heavy atom. The molecule has 17 heavy (non-hydrogen) atoms. The zero-order valence-electron chi connectivity index (χ0n) is 9.75. The highest BCUT2D eigenvalue weighted by atomic mass is 16.3. The van der Waals surface area contributed by atoms with Crippen molar-refractivity contribution in [3.05, 3.63) is 42.0 Å². The molecule has 0 spiro atoms. The predicted molar refractivity (Wildman–Crippen MR) is 67.3 cm³/mol. The van der Waals surface area contributed by atoms with Crippen LogP contribution in [-0.2, 0) is 4.79 Å². The molecular weight excluding hydrogens is 214 g/mol. The van der Waals surface area contributed by atoms with Gasteiger partial charge >= 0.3 is 0 Å². The molecule has 0 bridgehead atoms. The Hall–Kier alpha value is -1.61. The number of aliphatic hydroxyl groups excluding tert-OH is 1. The summed E-state index contributed by atoms with van der Waals surface area (Å²) in [6.07, 6.45) is 5.29. The highest BCUT2D eigenvalue weighted by molar-refractivity contribution is 5.92. The van der Waals surface area contributed by atoms with Crippen molar-refractivity contribution in [3.63, 3.8) is 0 Å². The van der Waals surface area contributed by atoms with E-state index in [-0.39, 0.29) is 18.6 Å². The standard InChI is InChI=1S/C14H17NO2/c16-11-13-7-4-10-15(13)14(17)9-8-12-5-2-1-3-6-12/h1-3,5-6,8-9,13,16H,4,7,10-11H2/b9-8+/t13-/m0/s1. The smallest absolute Gasteiger partial charge is 0.246 e. The molecule has 1 N–H and O–H groups in total. The lowest BCUT2D eigenvalue weighted by Crippen LogP contribution is -2.36. The number of carbonyl (C=O) groups excluding carboxylic acids is 1. The molecule has 3 heteroatoms. The third-order valence-electron chi connectivity index (χ3n) is 3.09. The van der Waals surface area contributed by atoms with E-state index < -0.39 is 0 Å². The summed E-state index contributed by atoms with van der Waals surface area (Å²) in [6, 6.07) is 9.74. The monoisotopic (exact) mass is 231 g/mol. The average Bonchev–Trinajstić information content (AvgIpc) is 2.85. The molecule has 1 amide bonds. The third-order valence-corrected chi connectivity index (χ3v) is 3.09. The average molecular weight is 231 g/mol. The van der Waals surface area contributed by atoms with Crippen LogP contribution >= 0.6 is 0 Å². The first kappa shape index (κ1) is 11.9. The molecule has 1 aromatic carbocycles. The second-order valence-corrected chi connectivity index (χ2v) is 4.25. The minimum Gasteiger partial charge on any atom is -0.394 e. The molecule has 3 nitrogen and oxygen atoms in total. The van der Waals surface area contributed by atoms with Crippen molar-refractivity contribution in [1.29, 1.82) is 0 Å². The Labute approximate surface area is 101 Å².